The molecule has 0 aliphatic heterocycles. The minimum atomic E-state index is -4.65. The predicted molar refractivity (Wildman–Crippen MR) is 110 cm³/mol. The zero-order chi connectivity index (χ0) is 20.2. The summed E-state index contributed by atoms with van der Waals surface area (Å²) in [5.41, 5.74) is 0.309. The van der Waals surface area contributed by atoms with Crippen LogP contribution >= 0.6 is 27.7 Å². The van der Waals surface area contributed by atoms with Crippen LogP contribution in [-0.4, -0.2) is 12.0 Å². The minimum absolute atomic E-state index is 0.0429. The third kappa shape index (κ3) is 4.50. The molecule has 0 amide bonds. The summed E-state index contributed by atoms with van der Waals surface area (Å²) >= 11 is 3.93. The molecule has 0 aromatic heterocycles. The third-order valence-electron chi connectivity index (χ3n) is 4.31. The summed E-state index contributed by atoms with van der Waals surface area (Å²) in [4.78, 5) is 13.3. The zero-order valence-corrected chi connectivity index (χ0v) is 17.0. The van der Waals surface area contributed by atoms with Gasteiger partial charge in [-0.25, -0.2) is 0 Å². The van der Waals surface area contributed by atoms with Crippen LogP contribution in [0.15, 0.2) is 94.3 Å². The molecule has 1 atom stereocenters. The van der Waals surface area contributed by atoms with Gasteiger partial charge in [-0.15, -0.1) is 11.8 Å². The molecule has 0 radical (unpaired) electrons. The second kappa shape index (κ2) is 8.53. The standard InChI is InChI=1S/C22H16BrF3OS/c23-18-13-11-17(12-14-18)21(22(24,25)26,28-19-9-5-2-6-10-19)15-20(27)16-7-3-1-4-8-16/h1-14H,15H2/t21-/m0/s1. The van der Waals surface area contributed by atoms with Crippen molar-refractivity contribution in [1.82, 2.24) is 0 Å². The normalized spacial score (nSPS) is 13.7. The van der Waals surface area contributed by atoms with Crippen molar-refractivity contribution in [3.63, 3.8) is 0 Å². The number of Topliss-reactive ketones (excluding diaryl/α,β-unsaturated/α-hetero) is 1. The van der Waals surface area contributed by atoms with E-state index in [-0.39, 0.29) is 11.1 Å². The lowest BCUT2D eigenvalue weighted by atomic mass is 9.90. The van der Waals surface area contributed by atoms with Gasteiger partial charge in [0.05, 0.1) is 0 Å². The highest BCUT2D eigenvalue weighted by molar-refractivity contribution is 9.10. The van der Waals surface area contributed by atoms with Crippen molar-refractivity contribution < 1.29 is 18.0 Å². The molecule has 0 spiro atoms. The van der Waals surface area contributed by atoms with Gasteiger partial charge in [-0.3, -0.25) is 4.79 Å². The molecule has 0 N–H and O–H groups in total. The highest BCUT2D eigenvalue weighted by Crippen LogP contribution is 2.55. The summed E-state index contributed by atoms with van der Waals surface area (Å²) in [6.45, 7) is 0. The van der Waals surface area contributed by atoms with Crippen LogP contribution in [0.25, 0.3) is 0 Å². The lowest BCUT2D eigenvalue weighted by Gasteiger charge is -2.35. The summed E-state index contributed by atoms with van der Waals surface area (Å²) in [6.07, 6.45) is -5.34. The Labute approximate surface area is 174 Å². The number of carbonyl (C=O) groups excluding carboxylic acids is 1. The molecule has 3 rings (SSSR count). The first-order valence-corrected chi connectivity index (χ1v) is 10.1. The highest BCUT2D eigenvalue weighted by atomic mass is 79.9. The number of benzene rings is 3. The fourth-order valence-corrected chi connectivity index (χ4v) is 4.41. The van der Waals surface area contributed by atoms with Gasteiger partial charge in [0.25, 0.3) is 0 Å². The number of thioether (sulfide) groups is 1. The van der Waals surface area contributed by atoms with E-state index in [1.165, 1.54) is 24.3 Å². The lowest BCUT2D eigenvalue weighted by Crippen LogP contribution is -2.41. The maximum atomic E-state index is 14.5. The molecule has 0 bridgehead atoms. The molecular weight excluding hydrogens is 449 g/mol. The first-order valence-electron chi connectivity index (χ1n) is 8.47. The molecule has 3 aromatic carbocycles. The maximum Gasteiger partial charge on any atom is 0.408 e. The van der Waals surface area contributed by atoms with Gasteiger partial charge < -0.3 is 0 Å². The lowest BCUT2D eigenvalue weighted by molar-refractivity contribution is -0.161. The SMILES string of the molecule is O=C(C[C@](Sc1ccccc1)(c1ccc(Br)cc1)C(F)(F)F)c1ccccc1. The van der Waals surface area contributed by atoms with E-state index in [1.54, 1.807) is 60.7 Å². The van der Waals surface area contributed by atoms with Crippen molar-refractivity contribution in [3.8, 4) is 0 Å². The van der Waals surface area contributed by atoms with Crippen LogP contribution in [0.3, 0.4) is 0 Å². The van der Waals surface area contributed by atoms with E-state index in [9.17, 15) is 18.0 Å². The van der Waals surface area contributed by atoms with Gasteiger partial charge in [0.15, 0.2) is 5.78 Å². The van der Waals surface area contributed by atoms with E-state index in [2.05, 4.69) is 15.9 Å². The summed E-state index contributed by atoms with van der Waals surface area (Å²) in [5.74, 6) is -0.552. The quantitative estimate of drug-likeness (QED) is 0.281. The second-order valence-corrected chi connectivity index (χ2v) is 8.50. The summed E-state index contributed by atoms with van der Waals surface area (Å²) < 4.78 is 41.9. The van der Waals surface area contributed by atoms with E-state index < -0.39 is 23.1 Å². The Morgan fingerprint density at radius 2 is 1.36 bits per heavy atom. The van der Waals surface area contributed by atoms with Crippen LogP contribution in [0, 0.1) is 0 Å². The molecule has 0 heterocycles. The molecule has 0 aliphatic carbocycles. The van der Waals surface area contributed by atoms with Crippen LogP contribution < -0.4 is 0 Å². The molecule has 28 heavy (non-hydrogen) atoms. The summed E-state index contributed by atoms with van der Waals surface area (Å²) in [5, 5.41) is 0. The third-order valence-corrected chi connectivity index (χ3v) is 6.31. The number of halogens is 4. The molecule has 0 saturated heterocycles. The van der Waals surface area contributed by atoms with Crippen molar-refractivity contribution in [2.45, 2.75) is 22.2 Å². The Bertz CT molecular complexity index is 928. The predicted octanol–water partition coefficient (Wildman–Crippen LogP) is 7.27. The smallest absolute Gasteiger partial charge is 0.294 e. The van der Waals surface area contributed by atoms with Gasteiger partial charge in [0.1, 0.15) is 4.75 Å². The van der Waals surface area contributed by atoms with Crippen molar-refractivity contribution in [1.29, 1.82) is 0 Å². The Morgan fingerprint density at radius 1 is 0.821 bits per heavy atom. The van der Waals surface area contributed by atoms with Gasteiger partial charge in [-0.05, 0) is 29.8 Å². The fourth-order valence-electron chi connectivity index (χ4n) is 2.88. The first kappa shape index (κ1) is 20.7. The van der Waals surface area contributed by atoms with Crippen molar-refractivity contribution in [2.75, 3.05) is 0 Å². The second-order valence-electron chi connectivity index (χ2n) is 6.21. The number of alkyl halides is 3. The number of hydrogen-bond acceptors (Lipinski definition) is 2. The van der Waals surface area contributed by atoms with Gasteiger partial charge in [0, 0.05) is 21.4 Å². The van der Waals surface area contributed by atoms with E-state index in [0.29, 0.717) is 21.1 Å². The number of carbonyl (C=O) groups is 1. The Balaban J connectivity index is 2.12. The van der Waals surface area contributed by atoms with Gasteiger partial charge in [-0.2, -0.15) is 13.2 Å². The molecule has 0 fully saturated rings. The van der Waals surface area contributed by atoms with E-state index >= 15 is 0 Å². The molecule has 144 valence electrons. The van der Waals surface area contributed by atoms with Crippen molar-refractivity contribution >= 4 is 33.5 Å². The Kier molecular flexibility index (Phi) is 6.30. The van der Waals surface area contributed by atoms with E-state index in [0.717, 1.165) is 0 Å². The average molecular weight is 465 g/mol. The first-order chi connectivity index (χ1) is 13.3. The molecule has 3 aromatic rings. The fraction of sp³-hybridized carbons (Fsp3) is 0.136. The molecule has 1 nitrogen and oxygen atoms in total. The van der Waals surface area contributed by atoms with Crippen LogP contribution in [0.2, 0.25) is 0 Å². The monoisotopic (exact) mass is 464 g/mol. The minimum Gasteiger partial charge on any atom is -0.294 e. The number of hydrogen-bond donors (Lipinski definition) is 0. The largest absolute Gasteiger partial charge is 0.408 e. The molecule has 0 aliphatic rings. The molecule has 6 heteroatoms. The van der Waals surface area contributed by atoms with Gasteiger partial charge >= 0.3 is 6.18 Å². The highest BCUT2D eigenvalue weighted by Gasteiger charge is 2.57. The average Bonchev–Trinajstić information content (AvgIpc) is 2.68. The molecule has 0 saturated carbocycles. The summed E-state index contributed by atoms with van der Waals surface area (Å²) in [6, 6.07) is 22.4. The van der Waals surface area contributed by atoms with Gasteiger partial charge in [-0.1, -0.05) is 76.6 Å². The van der Waals surface area contributed by atoms with Crippen LogP contribution in [0.5, 0.6) is 0 Å². The van der Waals surface area contributed by atoms with Crippen LogP contribution in [-0.2, 0) is 4.75 Å². The maximum absolute atomic E-state index is 14.5. The topological polar surface area (TPSA) is 17.1 Å². The van der Waals surface area contributed by atoms with Crippen molar-refractivity contribution in [3.05, 3.63) is 101 Å². The number of rotatable bonds is 6. The van der Waals surface area contributed by atoms with Crippen LogP contribution in [0.4, 0.5) is 13.2 Å². The van der Waals surface area contributed by atoms with Crippen molar-refractivity contribution in [2.24, 2.45) is 0 Å². The number of ketones is 1. The Hall–Kier alpha value is -2.05. The van der Waals surface area contributed by atoms with E-state index in [1.807, 2.05) is 0 Å². The zero-order valence-electron chi connectivity index (χ0n) is 14.6. The van der Waals surface area contributed by atoms with Crippen LogP contribution in [0.1, 0.15) is 22.3 Å². The Morgan fingerprint density at radius 3 is 1.89 bits per heavy atom. The van der Waals surface area contributed by atoms with Gasteiger partial charge in [0.2, 0.25) is 0 Å². The molecule has 0 unspecified atom stereocenters. The summed E-state index contributed by atoms with van der Waals surface area (Å²) in [7, 11) is 0. The van der Waals surface area contributed by atoms with E-state index in [4.69, 9.17) is 0 Å². The molecular formula is C22H16BrF3OS.